The van der Waals surface area contributed by atoms with Crippen LogP contribution >= 0.6 is 11.6 Å². The summed E-state index contributed by atoms with van der Waals surface area (Å²) in [7, 11) is 1.76. The number of fused-ring (bicyclic) bond motifs is 1. The first-order valence-electron chi connectivity index (χ1n) is 3.28. The van der Waals surface area contributed by atoms with Gasteiger partial charge in [0.2, 0.25) is 5.95 Å². The van der Waals surface area contributed by atoms with E-state index in [-0.39, 0.29) is 0 Å². The summed E-state index contributed by atoms with van der Waals surface area (Å²) in [5.41, 5.74) is 6.73. The molecule has 0 saturated heterocycles. The summed E-state index contributed by atoms with van der Waals surface area (Å²) < 4.78 is 1.65. The number of halogens is 1. The minimum Gasteiger partial charge on any atom is -0.369 e. The van der Waals surface area contributed by atoms with Crippen LogP contribution in [-0.4, -0.2) is 19.5 Å². The first-order chi connectivity index (χ1) is 5.70. The molecule has 0 aliphatic heterocycles. The minimum atomic E-state index is 0.367. The lowest BCUT2D eigenvalue weighted by atomic mass is 10.5. The van der Waals surface area contributed by atoms with Crippen molar-refractivity contribution in [2.45, 2.75) is 0 Å². The maximum atomic E-state index is 5.81. The first-order valence-corrected chi connectivity index (χ1v) is 3.66. The van der Waals surface area contributed by atoms with Gasteiger partial charge < -0.3 is 10.3 Å². The van der Waals surface area contributed by atoms with Gasteiger partial charge in [0.1, 0.15) is 11.8 Å². The van der Waals surface area contributed by atoms with Crippen molar-refractivity contribution < 1.29 is 0 Å². The first kappa shape index (κ1) is 7.30. The van der Waals surface area contributed by atoms with Gasteiger partial charge in [-0.05, 0) is 0 Å². The van der Waals surface area contributed by atoms with Crippen molar-refractivity contribution in [3.05, 3.63) is 11.5 Å². The second-order valence-electron chi connectivity index (χ2n) is 2.37. The molecular weight excluding hydrogens is 178 g/mol. The van der Waals surface area contributed by atoms with Crippen molar-refractivity contribution in [3.8, 4) is 0 Å². The molecule has 0 aliphatic rings. The third-order valence-electron chi connectivity index (χ3n) is 1.66. The van der Waals surface area contributed by atoms with Crippen LogP contribution in [-0.2, 0) is 7.05 Å². The molecule has 0 bridgehead atoms. The summed E-state index contributed by atoms with van der Waals surface area (Å²) in [6, 6.07) is 0. The molecule has 2 aromatic heterocycles. The SMILES string of the molecule is Cn1c(N)nc2ncnc(Cl)c21. The van der Waals surface area contributed by atoms with E-state index in [1.165, 1.54) is 6.33 Å². The zero-order valence-electron chi connectivity index (χ0n) is 6.32. The van der Waals surface area contributed by atoms with Crippen molar-refractivity contribution >= 4 is 28.7 Å². The molecule has 2 rings (SSSR count). The van der Waals surface area contributed by atoms with E-state index in [0.717, 1.165) is 0 Å². The van der Waals surface area contributed by atoms with Crippen molar-refractivity contribution in [1.82, 2.24) is 19.5 Å². The molecule has 0 radical (unpaired) electrons. The molecule has 12 heavy (non-hydrogen) atoms. The smallest absolute Gasteiger partial charge is 0.202 e. The molecule has 2 aromatic rings. The van der Waals surface area contributed by atoms with Crippen molar-refractivity contribution in [2.24, 2.45) is 7.05 Å². The van der Waals surface area contributed by atoms with E-state index < -0.39 is 0 Å². The summed E-state index contributed by atoms with van der Waals surface area (Å²) >= 11 is 5.81. The fourth-order valence-electron chi connectivity index (χ4n) is 1.02. The molecule has 62 valence electrons. The Hall–Kier alpha value is -1.36. The summed E-state index contributed by atoms with van der Waals surface area (Å²) in [5.74, 6) is 0.382. The summed E-state index contributed by atoms with van der Waals surface area (Å²) in [6.07, 6.45) is 1.36. The van der Waals surface area contributed by atoms with E-state index in [1.54, 1.807) is 11.6 Å². The highest BCUT2D eigenvalue weighted by Gasteiger charge is 2.09. The standard InChI is InChI=1S/C6H6ClN5/c1-12-3-4(7)9-2-10-5(3)11-6(12)8/h2H,1H3,(H2,8,9,10,11). The molecule has 5 nitrogen and oxygen atoms in total. The number of aryl methyl sites for hydroxylation is 1. The number of nitrogens with zero attached hydrogens (tertiary/aromatic N) is 4. The number of imidazole rings is 1. The van der Waals surface area contributed by atoms with Gasteiger partial charge in [-0.25, -0.2) is 9.97 Å². The molecule has 0 saturated carbocycles. The van der Waals surface area contributed by atoms with Crippen LogP contribution in [0.15, 0.2) is 6.33 Å². The van der Waals surface area contributed by atoms with Gasteiger partial charge in [0.15, 0.2) is 10.8 Å². The maximum Gasteiger partial charge on any atom is 0.202 e. The zero-order chi connectivity index (χ0) is 8.72. The van der Waals surface area contributed by atoms with Crippen LogP contribution in [0.2, 0.25) is 5.15 Å². The Morgan fingerprint density at radius 2 is 2.25 bits per heavy atom. The van der Waals surface area contributed by atoms with E-state index in [4.69, 9.17) is 17.3 Å². The normalized spacial score (nSPS) is 10.8. The molecule has 2 N–H and O–H groups in total. The maximum absolute atomic E-state index is 5.81. The van der Waals surface area contributed by atoms with Crippen molar-refractivity contribution in [2.75, 3.05) is 5.73 Å². The van der Waals surface area contributed by atoms with E-state index in [0.29, 0.717) is 22.3 Å². The third kappa shape index (κ3) is 0.831. The molecule has 0 spiro atoms. The van der Waals surface area contributed by atoms with Crippen LogP contribution in [0.5, 0.6) is 0 Å². The van der Waals surface area contributed by atoms with Crippen molar-refractivity contribution in [1.29, 1.82) is 0 Å². The summed E-state index contributed by atoms with van der Waals surface area (Å²) in [6.45, 7) is 0. The van der Waals surface area contributed by atoms with Gasteiger partial charge >= 0.3 is 0 Å². The Morgan fingerprint density at radius 3 is 2.92 bits per heavy atom. The molecular formula is C6H6ClN5. The fraction of sp³-hybridized carbons (Fsp3) is 0.167. The number of nitrogens with two attached hydrogens (primary N) is 1. The summed E-state index contributed by atoms with van der Waals surface area (Å²) in [5, 5.41) is 0.367. The topological polar surface area (TPSA) is 69.6 Å². The average Bonchev–Trinajstić information content (AvgIpc) is 2.29. The van der Waals surface area contributed by atoms with E-state index in [2.05, 4.69) is 15.0 Å². The van der Waals surface area contributed by atoms with Gasteiger partial charge in [-0.1, -0.05) is 11.6 Å². The van der Waals surface area contributed by atoms with Gasteiger partial charge in [-0.3, -0.25) is 0 Å². The summed E-state index contributed by atoms with van der Waals surface area (Å²) in [4.78, 5) is 11.7. The van der Waals surface area contributed by atoms with Crippen LogP contribution < -0.4 is 5.73 Å². The molecule has 0 unspecified atom stereocenters. The lowest BCUT2D eigenvalue weighted by molar-refractivity contribution is 0.961. The van der Waals surface area contributed by atoms with Gasteiger partial charge in [0.05, 0.1) is 0 Å². The fourth-order valence-corrected chi connectivity index (χ4v) is 1.27. The number of nitrogen functional groups attached to an aromatic ring is 1. The zero-order valence-corrected chi connectivity index (χ0v) is 7.08. The van der Waals surface area contributed by atoms with Crippen LogP contribution in [0.3, 0.4) is 0 Å². The number of aromatic nitrogens is 4. The van der Waals surface area contributed by atoms with Crippen molar-refractivity contribution in [3.63, 3.8) is 0 Å². The lowest BCUT2D eigenvalue weighted by Crippen LogP contribution is -1.96. The van der Waals surface area contributed by atoms with Gasteiger partial charge in [-0.2, -0.15) is 4.98 Å². The number of rotatable bonds is 0. The molecule has 0 aromatic carbocycles. The molecule has 0 fully saturated rings. The Balaban J connectivity index is 2.97. The molecule has 0 amide bonds. The van der Waals surface area contributed by atoms with Crippen LogP contribution in [0, 0.1) is 0 Å². The largest absolute Gasteiger partial charge is 0.369 e. The lowest BCUT2D eigenvalue weighted by Gasteiger charge is -1.95. The van der Waals surface area contributed by atoms with Gasteiger partial charge in [0.25, 0.3) is 0 Å². The van der Waals surface area contributed by atoms with E-state index in [9.17, 15) is 0 Å². The second kappa shape index (κ2) is 2.31. The number of hydrogen-bond donors (Lipinski definition) is 1. The van der Waals surface area contributed by atoms with Crippen LogP contribution in [0.25, 0.3) is 11.2 Å². The Kier molecular flexibility index (Phi) is 1.41. The van der Waals surface area contributed by atoms with Gasteiger partial charge in [0, 0.05) is 7.05 Å². The van der Waals surface area contributed by atoms with Gasteiger partial charge in [-0.15, -0.1) is 0 Å². The quantitative estimate of drug-likeness (QED) is 0.608. The van der Waals surface area contributed by atoms with Crippen LogP contribution in [0.1, 0.15) is 0 Å². The Morgan fingerprint density at radius 1 is 1.50 bits per heavy atom. The average molecular weight is 184 g/mol. The second-order valence-corrected chi connectivity index (χ2v) is 2.72. The Labute approximate surface area is 73.2 Å². The minimum absolute atomic E-state index is 0.367. The molecule has 2 heterocycles. The highest BCUT2D eigenvalue weighted by atomic mass is 35.5. The molecule has 0 atom stereocenters. The third-order valence-corrected chi connectivity index (χ3v) is 1.93. The highest BCUT2D eigenvalue weighted by molar-refractivity contribution is 6.33. The van der Waals surface area contributed by atoms with E-state index >= 15 is 0 Å². The molecule has 6 heteroatoms. The molecule has 0 aliphatic carbocycles. The van der Waals surface area contributed by atoms with Crippen LogP contribution in [0.4, 0.5) is 5.95 Å². The predicted octanol–water partition coefficient (Wildman–Crippen LogP) is 0.599. The monoisotopic (exact) mass is 183 g/mol. The number of hydrogen-bond acceptors (Lipinski definition) is 4. The van der Waals surface area contributed by atoms with E-state index in [1.807, 2.05) is 0 Å². The predicted molar refractivity (Wildman–Crippen MR) is 45.7 cm³/mol. The highest BCUT2D eigenvalue weighted by Crippen LogP contribution is 2.19. The number of anilines is 1. The Bertz CT molecular complexity index is 435.